The summed E-state index contributed by atoms with van der Waals surface area (Å²) in [6, 6.07) is 14.5. The monoisotopic (exact) mass is 376 g/mol. The predicted molar refractivity (Wildman–Crippen MR) is 92.0 cm³/mol. The highest BCUT2D eigenvalue weighted by Crippen LogP contribution is 2.44. The van der Waals surface area contributed by atoms with Gasteiger partial charge in [0.1, 0.15) is 12.6 Å². The Bertz CT molecular complexity index is 764. The van der Waals surface area contributed by atoms with Crippen molar-refractivity contribution in [2.75, 3.05) is 6.61 Å². The van der Waals surface area contributed by atoms with Gasteiger partial charge in [-0.3, -0.25) is 0 Å². The molecule has 0 radical (unpaired) electrons. The topological polar surface area (TPSA) is 103 Å². The van der Waals surface area contributed by atoms with E-state index in [1.165, 1.54) is 0 Å². The number of rotatable bonds is 5. The van der Waals surface area contributed by atoms with Crippen molar-refractivity contribution in [3.63, 3.8) is 0 Å². The number of alkyl carbamates (subject to hydrolysis) is 1. The van der Waals surface area contributed by atoms with Gasteiger partial charge in [-0.05, 0) is 29.2 Å². The number of halogens is 1. The summed E-state index contributed by atoms with van der Waals surface area (Å²) in [7, 11) is 0. The molecule has 0 aliphatic heterocycles. The van der Waals surface area contributed by atoms with Gasteiger partial charge in [-0.2, -0.15) is 0 Å². The molecular formula is C19H21ClN2O4. The molecule has 0 bridgehead atoms. The standard InChI is InChI=1S/C19H20N2O4.ClH/c1-11(20)17(18(22)23)21-19(24)25-10-16-14-8-4-2-6-12(14)13-7-3-5-9-15(13)16;/h2-9,11,16-17H,10,20H2,1H3,(H,21,24)(H,22,23);1H/t11-,17-;/m0./s1. The first-order valence-corrected chi connectivity index (χ1v) is 8.16. The average molecular weight is 377 g/mol. The summed E-state index contributed by atoms with van der Waals surface area (Å²) in [4.78, 5) is 23.2. The Balaban J connectivity index is 0.00000243. The molecule has 0 heterocycles. The largest absolute Gasteiger partial charge is 1.00 e. The summed E-state index contributed by atoms with van der Waals surface area (Å²) in [6.45, 7) is 1.78. The highest BCUT2D eigenvalue weighted by Gasteiger charge is 2.31. The van der Waals surface area contributed by atoms with Gasteiger partial charge in [-0.15, -0.1) is 0 Å². The number of hydrogen-bond donors (Lipinski definition) is 3. The lowest BCUT2D eigenvalue weighted by atomic mass is 9.98. The smallest absolute Gasteiger partial charge is 0.408 e. The zero-order valence-corrected chi connectivity index (χ0v) is 15.1. The van der Waals surface area contributed by atoms with Crippen LogP contribution in [0.25, 0.3) is 11.1 Å². The van der Waals surface area contributed by atoms with E-state index >= 15 is 0 Å². The Morgan fingerprint density at radius 2 is 1.62 bits per heavy atom. The lowest BCUT2D eigenvalue weighted by Gasteiger charge is -2.18. The molecule has 5 N–H and O–H groups in total. The fourth-order valence-electron chi connectivity index (χ4n) is 3.21. The number of benzene rings is 2. The highest BCUT2D eigenvalue weighted by atomic mass is 35.5. The van der Waals surface area contributed by atoms with E-state index < -0.39 is 24.1 Å². The van der Waals surface area contributed by atoms with Crippen molar-refractivity contribution in [1.82, 2.24) is 5.32 Å². The summed E-state index contributed by atoms with van der Waals surface area (Å²) >= 11 is 0. The second-order valence-electron chi connectivity index (χ2n) is 6.26. The van der Waals surface area contributed by atoms with E-state index in [0.717, 1.165) is 22.3 Å². The molecule has 0 aromatic heterocycles. The minimum absolute atomic E-state index is 0. The number of ether oxygens (including phenoxy) is 1. The van der Waals surface area contributed by atoms with E-state index in [2.05, 4.69) is 23.2 Å². The van der Waals surface area contributed by atoms with Gasteiger partial charge in [0.2, 0.25) is 0 Å². The molecule has 0 spiro atoms. The molecule has 26 heavy (non-hydrogen) atoms. The number of quaternary nitrogens is 1. The third kappa shape index (κ3) is 3.81. The van der Waals surface area contributed by atoms with Gasteiger partial charge < -0.3 is 33.3 Å². The number of carboxylic acid groups (broad SMARTS) is 1. The Morgan fingerprint density at radius 1 is 1.12 bits per heavy atom. The molecule has 1 amide bonds. The molecule has 3 rings (SSSR count). The number of aliphatic carboxylic acids is 1. The minimum atomic E-state index is -1.13. The van der Waals surface area contributed by atoms with E-state index in [4.69, 9.17) is 9.84 Å². The van der Waals surface area contributed by atoms with Crippen LogP contribution < -0.4 is 23.5 Å². The third-order valence-electron chi connectivity index (χ3n) is 4.45. The summed E-state index contributed by atoms with van der Waals surface area (Å²) < 4.78 is 5.33. The molecule has 0 fully saturated rings. The van der Waals surface area contributed by atoms with Crippen molar-refractivity contribution in [3.05, 3.63) is 59.7 Å². The first kappa shape index (κ1) is 19.8. The van der Waals surface area contributed by atoms with E-state index in [1.807, 2.05) is 36.4 Å². The maximum absolute atomic E-state index is 12.0. The molecule has 138 valence electrons. The fourth-order valence-corrected chi connectivity index (χ4v) is 3.21. The number of carbonyl (C=O) groups excluding carboxylic acids is 1. The number of carbonyl (C=O) groups is 2. The first-order valence-electron chi connectivity index (χ1n) is 8.16. The van der Waals surface area contributed by atoms with Crippen molar-refractivity contribution >= 4 is 12.1 Å². The first-order chi connectivity index (χ1) is 12.0. The molecule has 1 aliphatic carbocycles. The summed E-state index contributed by atoms with van der Waals surface area (Å²) in [5, 5.41) is 11.5. The predicted octanol–water partition coefficient (Wildman–Crippen LogP) is -1.39. The number of fused-ring (bicyclic) bond motifs is 3. The van der Waals surface area contributed by atoms with Gasteiger partial charge in [0, 0.05) is 5.92 Å². The van der Waals surface area contributed by atoms with Crippen LogP contribution in [0.15, 0.2) is 48.5 Å². The molecule has 0 saturated carbocycles. The van der Waals surface area contributed by atoms with Gasteiger partial charge in [0.25, 0.3) is 0 Å². The quantitative estimate of drug-likeness (QED) is 0.598. The number of nitrogens with one attached hydrogen (secondary N) is 1. The molecule has 2 atom stereocenters. The maximum atomic E-state index is 12.0. The van der Waals surface area contributed by atoms with Crippen molar-refractivity contribution in [2.24, 2.45) is 0 Å². The van der Waals surface area contributed by atoms with E-state index in [1.54, 1.807) is 6.92 Å². The van der Waals surface area contributed by atoms with Gasteiger partial charge in [0.05, 0.1) is 0 Å². The second kappa shape index (κ2) is 8.21. The minimum Gasteiger partial charge on any atom is -1.00 e. The lowest BCUT2D eigenvalue weighted by molar-refractivity contribution is -0.417. The van der Waals surface area contributed by atoms with Crippen LogP contribution in [0.3, 0.4) is 0 Å². The van der Waals surface area contributed by atoms with Crippen LogP contribution in [0.5, 0.6) is 0 Å². The van der Waals surface area contributed by atoms with E-state index in [9.17, 15) is 9.59 Å². The van der Waals surface area contributed by atoms with Crippen LogP contribution in [0.4, 0.5) is 4.79 Å². The summed E-state index contributed by atoms with van der Waals surface area (Å²) in [5.41, 5.74) is 8.16. The van der Waals surface area contributed by atoms with Gasteiger partial charge in [-0.25, -0.2) is 9.59 Å². The van der Waals surface area contributed by atoms with Crippen molar-refractivity contribution in [3.8, 4) is 11.1 Å². The molecule has 0 unspecified atom stereocenters. The van der Waals surface area contributed by atoms with Gasteiger partial charge in [0.15, 0.2) is 6.04 Å². The lowest BCUT2D eigenvalue weighted by Crippen LogP contribution is -3.00. The van der Waals surface area contributed by atoms with Crippen LogP contribution in [-0.2, 0) is 9.53 Å². The molecule has 0 saturated heterocycles. The normalized spacial score (nSPS) is 14.4. The maximum Gasteiger partial charge on any atom is 0.408 e. The van der Waals surface area contributed by atoms with Crippen LogP contribution in [0.2, 0.25) is 0 Å². The highest BCUT2D eigenvalue weighted by molar-refractivity contribution is 5.81. The van der Waals surface area contributed by atoms with Crippen LogP contribution in [0.1, 0.15) is 24.0 Å². The SMILES string of the molecule is C[C@H]([NH3+])[C@H](NC(=O)OCC1c2ccccc2-c2ccccc21)C(=O)O.[Cl-]. The Morgan fingerprint density at radius 3 is 2.08 bits per heavy atom. The van der Waals surface area contributed by atoms with Gasteiger partial charge >= 0.3 is 12.1 Å². The van der Waals surface area contributed by atoms with E-state index in [-0.39, 0.29) is 24.9 Å². The van der Waals surface area contributed by atoms with Crippen molar-refractivity contribution in [1.29, 1.82) is 0 Å². The molecule has 2 aromatic carbocycles. The van der Waals surface area contributed by atoms with Crippen LogP contribution in [0, 0.1) is 0 Å². The average Bonchev–Trinajstić information content (AvgIpc) is 2.91. The Kier molecular flexibility index (Phi) is 6.23. The summed E-state index contributed by atoms with van der Waals surface area (Å²) in [6.07, 6.45) is -0.746. The molecule has 2 aromatic rings. The number of carboxylic acids is 1. The summed E-state index contributed by atoms with van der Waals surface area (Å²) in [5.74, 6) is -1.19. The van der Waals surface area contributed by atoms with Crippen molar-refractivity contribution < 1.29 is 37.6 Å². The number of hydrogen-bond acceptors (Lipinski definition) is 3. The molecule has 6 nitrogen and oxygen atoms in total. The van der Waals surface area contributed by atoms with Crippen molar-refractivity contribution in [2.45, 2.75) is 24.9 Å². The molecule has 7 heteroatoms. The Labute approximate surface area is 157 Å². The van der Waals surface area contributed by atoms with Crippen LogP contribution in [-0.4, -0.2) is 35.9 Å². The zero-order valence-electron chi connectivity index (χ0n) is 14.3. The number of amides is 1. The third-order valence-corrected chi connectivity index (χ3v) is 4.45. The van der Waals surface area contributed by atoms with Gasteiger partial charge in [-0.1, -0.05) is 48.5 Å². The van der Waals surface area contributed by atoms with E-state index in [0.29, 0.717) is 0 Å². The van der Waals surface area contributed by atoms with Crippen LogP contribution >= 0.6 is 0 Å². The second-order valence-corrected chi connectivity index (χ2v) is 6.26. The molecule has 1 aliphatic rings. The fraction of sp³-hybridized carbons (Fsp3) is 0.263. The zero-order chi connectivity index (χ0) is 18.0. The molecular weight excluding hydrogens is 356 g/mol. The Hall–Kier alpha value is -2.57.